The second-order valence-electron chi connectivity index (χ2n) is 6.05. The van der Waals surface area contributed by atoms with Crippen LogP contribution in [0.4, 0.5) is 0 Å². The minimum atomic E-state index is -0.368. The number of nitrogens with zero attached hydrogens (tertiary/aromatic N) is 1. The average molecular weight is 293 g/mol. The van der Waals surface area contributed by atoms with Gasteiger partial charge in [0, 0.05) is 12.7 Å². The predicted octanol–water partition coefficient (Wildman–Crippen LogP) is 2.88. The quantitative estimate of drug-likeness (QED) is 0.848. The molecule has 0 aliphatic heterocycles. The minimum absolute atomic E-state index is 0.112. The number of hydrogen-bond donors (Lipinski definition) is 1. The van der Waals surface area contributed by atoms with E-state index in [1.54, 1.807) is 7.11 Å². The van der Waals surface area contributed by atoms with Crippen molar-refractivity contribution in [2.45, 2.75) is 51.0 Å². The third-order valence-corrected chi connectivity index (χ3v) is 4.17. The van der Waals surface area contributed by atoms with Gasteiger partial charge in [0.25, 0.3) is 0 Å². The molecule has 1 aromatic carbocycles. The number of hydrogen-bond acceptors (Lipinski definition) is 4. The topological polar surface area (TPSA) is 41.9 Å². The standard InChI is InChI=1S/C17H27NO3/c1-12-8-7-11-15(16(12)17(20-4)18(2)3)21-14-10-6-5-9-13(14)19/h7-8,11,13-14,17,19H,5-6,9-10H2,1-4H3/t13-,14-,17?/m0/s1. The van der Waals surface area contributed by atoms with Crippen LogP contribution in [0.5, 0.6) is 5.75 Å². The molecule has 1 aliphatic rings. The van der Waals surface area contributed by atoms with Crippen molar-refractivity contribution in [1.82, 2.24) is 4.90 Å². The highest BCUT2D eigenvalue weighted by Crippen LogP contribution is 2.34. The maximum absolute atomic E-state index is 10.1. The molecule has 1 fully saturated rings. The molecular formula is C17H27NO3. The van der Waals surface area contributed by atoms with E-state index in [4.69, 9.17) is 9.47 Å². The van der Waals surface area contributed by atoms with Crippen LogP contribution in [0.15, 0.2) is 18.2 Å². The Bertz CT molecular complexity index is 461. The van der Waals surface area contributed by atoms with Crippen molar-refractivity contribution in [3.8, 4) is 5.75 Å². The van der Waals surface area contributed by atoms with Gasteiger partial charge in [-0.2, -0.15) is 0 Å². The summed E-state index contributed by atoms with van der Waals surface area (Å²) >= 11 is 0. The van der Waals surface area contributed by atoms with Crippen molar-refractivity contribution in [3.63, 3.8) is 0 Å². The zero-order valence-corrected chi connectivity index (χ0v) is 13.5. The second kappa shape index (κ2) is 7.25. The van der Waals surface area contributed by atoms with E-state index in [1.807, 2.05) is 31.1 Å². The summed E-state index contributed by atoms with van der Waals surface area (Å²) in [6, 6.07) is 6.03. The fourth-order valence-corrected chi connectivity index (χ4v) is 3.04. The molecule has 118 valence electrons. The van der Waals surface area contributed by atoms with Crippen LogP contribution < -0.4 is 4.74 Å². The lowest BCUT2D eigenvalue weighted by molar-refractivity contribution is -0.0172. The average Bonchev–Trinajstić information content (AvgIpc) is 2.44. The lowest BCUT2D eigenvalue weighted by Gasteiger charge is -2.31. The Morgan fingerprint density at radius 1 is 1.24 bits per heavy atom. The van der Waals surface area contributed by atoms with Gasteiger partial charge in [0.05, 0.1) is 6.10 Å². The van der Waals surface area contributed by atoms with E-state index in [-0.39, 0.29) is 18.4 Å². The lowest BCUT2D eigenvalue weighted by Crippen LogP contribution is -2.35. The fourth-order valence-electron chi connectivity index (χ4n) is 3.04. The molecule has 3 atom stereocenters. The van der Waals surface area contributed by atoms with E-state index in [0.717, 1.165) is 42.6 Å². The number of benzene rings is 1. The Balaban J connectivity index is 2.28. The zero-order valence-electron chi connectivity index (χ0n) is 13.5. The van der Waals surface area contributed by atoms with Crippen LogP contribution in [0.3, 0.4) is 0 Å². The Morgan fingerprint density at radius 2 is 1.95 bits per heavy atom. The van der Waals surface area contributed by atoms with Gasteiger partial charge in [-0.3, -0.25) is 4.90 Å². The molecule has 0 aromatic heterocycles. The fraction of sp³-hybridized carbons (Fsp3) is 0.647. The summed E-state index contributed by atoms with van der Waals surface area (Å²) < 4.78 is 11.8. The first-order valence-electron chi connectivity index (χ1n) is 7.68. The van der Waals surface area contributed by atoms with Gasteiger partial charge in [-0.25, -0.2) is 0 Å². The molecule has 4 heteroatoms. The maximum Gasteiger partial charge on any atom is 0.139 e. The Kier molecular flexibility index (Phi) is 5.62. The molecule has 21 heavy (non-hydrogen) atoms. The van der Waals surface area contributed by atoms with E-state index >= 15 is 0 Å². The third kappa shape index (κ3) is 3.76. The minimum Gasteiger partial charge on any atom is -0.487 e. The molecule has 1 aliphatic carbocycles. The summed E-state index contributed by atoms with van der Waals surface area (Å²) in [7, 11) is 5.68. The number of aryl methyl sites for hydroxylation is 1. The molecule has 0 spiro atoms. The number of ether oxygens (including phenoxy) is 2. The Labute approximate surface area is 127 Å². The molecule has 4 nitrogen and oxygen atoms in total. The van der Waals surface area contributed by atoms with Crippen molar-refractivity contribution in [3.05, 3.63) is 29.3 Å². The van der Waals surface area contributed by atoms with Crippen molar-refractivity contribution in [1.29, 1.82) is 0 Å². The first kappa shape index (κ1) is 16.3. The monoisotopic (exact) mass is 293 g/mol. The van der Waals surface area contributed by atoms with Crippen molar-refractivity contribution in [2.75, 3.05) is 21.2 Å². The molecular weight excluding hydrogens is 266 g/mol. The van der Waals surface area contributed by atoms with E-state index in [9.17, 15) is 5.11 Å². The first-order chi connectivity index (χ1) is 10.0. The molecule has 1 saturated carbocycles. The van der Waals surface area contributed by atoms with Gasteiger partial charge in [0.15, 0.2) is 0 Å². The van der Waals surface area contributed by atoms with Crippen molar-refractivity contribution in [2.24, 2.45) is 0 Å². The Morgan fingerprint density at radius 3 is 2.57 bits per heavy atom. The van der Waals surface area contributed by atoms with Crippen LogP contribution in [0.1, 0.15) is 43.0 Å². The van der Waals surface area contributed by atoms with E-state index in [1.165, 1.54) is 0 Å². The van der Waals surface area contributed by atoms with Crippen molar-refractivity contribution < 1.29 is 14.6 Å². The maximum atomic E-state index is 10.1. The summed E-state index contributed by atoms with van der Waals surface area (Å²) in [6.07, 6.45) is 3.31. The summed E-state index contributed by atoms with van der Waals surface area (Å²) in [4.78, 5) is 2.02. The van der Waals surface area contributed by atoms with Gasteiger partial charge in [-0.15, -0.1) is 0 Å². The molecule has 2 rings (SSSR count). The lowest BCUT2D eigenvalue weighted by atomic mass is 9.94. The van der Waals surface area contributed by atoms with Crippen LogP contribution >= 0.6 is 0 Å². The third-order valence-electron chi connectivity index (χ3n) is 4.17. The van der Waals surface area contributed by atoms with E-state index in [2.05, 4.69) is 13.0 Å². The van der Waals surface area contributed by atoms with Crippen LogP contribution in [0, 0.1) is 6.92 Å². The largest absolute Gasteiger partial charge is 0.487 e. The smallest absolute Gasteiger partial charge is 0.139 e. The SMILES string of the molecule is COC(c1c(C)cccc1O[C@H]1CCCC[C@@H]1O)N(C)C. The number of rotatable bonds is 5. The number of methoxy groups -OCH3 is 1. The molecule has 0 saturated heterocycles. The molecule has 1 aromatic rings. The number of aliphatic hydroxyl groups excluding tert-OH is 1. The molecule has 0 amide bonds. The van der Waals surface area contributed by atoms with Crippen LogP contribution in [0.25, 0.3) is 0 Å². The molecule has 1 unspecified atom stereocenters. The van der Waals surface area contributed by atoms with E-state index in [0.29, 0.717) is 0 Å². The highest BCUT2D eigenvalue weighted by molar-refractivity contribution is 5.41. The summed E-state index contributed by atoms with van der Waals surface area (Å²) in [6.45, 7) is 2.06. The summed E-state index contributed by atoms with van der Waals surface area (Å²) in [5.74, 6) is 0.821. The molecule has 0 bridgehead atoms. The van der Waals surface area contributed by atoms with Gasteiger partial charge < -0.3 is 14.6 Å². The molecule has 0 heterocycles. The van der Waals surface area contributed by atoms with Crippen LogP contribution in [0.2, 0.25) is 0 Å². The van der Waals surface area contributed by atoms with Gasteiger partial charge >= 0.3 is 0 Å². The molecule has 0 radical (unpaired) electrons. The highest BCUT2D eigenvalue weighted by atomic mass is 16.5. The van der Waals surface area contributed by atoms with Gasteiger partial charge in [-0.1, -0.05) is 18.6 Å². The van der Waals surface area contributed by atoms with Crippen LogP contribution in [-0.4, -0.2) is 43.4 Å². The van der Waals surface area contributed by atoms with Gasteiger partial charge in [0.1, 0.15) is 18.1 Å². The van der Waals surface area contributed by atoms with Crippen LogP contribution in [-0.2, 0) is 4.74 Å². The molecule has 1 N–H and O–H groups in total. The van der Waals surface area contributed by atoms with Gasteiger partial charge in [-0.05, 0) is 51.9 Å². The second-order valence-corrected chi connectivity index (χ2v) is 6.05. The predicted molar refractivity (Wildman–Crippen MR) is 83.5 cm³/mol. The zero-order chi connectivity index (χ0) is 15.4. The summed E-state index contributed by atoms with van der Waals surface area (Å²) in [5, 5.41) is 10.1. The highest BCUT2D eigenvalue weighted by Gasteiger charge is 2.27. The van der Waals surface area contributed by atoms with E-state index < -0.39 is 0 Å². The van der Waals surface area contributed by atoms with Crippen molar-refractivity contribution >= 4 is 0 Å². The Hall–Kier alpha value is -1.10. The van der Waals surface area contributed by atoms with Gasteiger partial charge in [0.2, 0.25) is 0 Å². The first-order valence-corrected chi connectivity index (χ1v) is 7.68. The summed E-state index contributed by atoms with van der Waals surface area (Å²) in [5.41, 5.74) is 2.18. The normalized spacial score (nSPS) is 24.1. The number of aliphatic hydroxyl groups is 1.